The van der Waals surface area contributed by atoms with E-state index in [1.165, 1.54) is 19.3 Å². The van der Waals surface area contributed by atoms with Crippen LogP contribution in [-0.2, 0) is 11.2 Å². The lowest BCUT2D eigenvalue weighted by molar-refractivity contribution is -0.110. The molecule has 1 aromatic heterocycles. The Hall–Kier alpha value is -3.71. The molecule has 2 amide bonds. The highest BCUT2D eigenvalue weighted by Crippen LogP contribution is 2.42. The van der Waals surface area contributed by atoms with E-state index in [-0.39, 0.29) is 17.6 Å². The molecule has 4 heterocycles. The van der Waals surface area contributed by atoms with E-state index in [1.807, 2.05) is 42.2 Å². The van der Waals surface area contributed by atoms with Gasteiger partial charge in [0.2, 0.25) is 0 Å². The van der Waals surface area contributed by atoms with E-state index in [0.717, 1.165) is 55.1 Å². The number of H-pyrrole nitrogens is 1. The largest absolute Gasteiger partial charge is 0.358 e. The lowest BCUT2D eigenvalue weighted by Gasteiger charge is -2.32. The fourth-order valence-electron chi connectivity index (χ4n) is 6.08. The van der Waals surface area contributed by atoms with Crippen LogP contribution in [0.15, 0.2) is 36.4 Å². The lowest BCUT2D eigenvalue weighted by Crippen LogP contribution is -2.43. The molecule has 7 heteroatoms. The first-order valence-electron chi connectivity index (χ1n) is 13.6. The Bertz CT molecular complexity index is 1460. The summed E-state index contributed by atoms with van der Waals surface area (Å²) >= 11 is 0. The molecule has 2 aromatic carbocycles. The number of nitrogens with one attached hydrogen (secondary N) is 2. The van der Waals surface area contributed by atoms with Gasteiger partial charge in [-0.3, -0.25) is 9.59 Å². The number of halogens is 1. The van der Waals surface area contributed by atoms with Gasteiger partial charge in [-0.25, -0.2) is 4.39 Å². The maximum Gasteiger partial charge on any atom is 0.256 e. The SMILES string of the molecule is Cc1cccc(-c2cccc3c2/C(=C/c2[nH]c4c(c2C)C(=O)N(CCN2CCCCC2)CC4)C(=O)N3)c1F. The predicted octanol–water partition coefficient (Wildman–Crippen LogP) is 5.41. The van der Waals surface area contributed by atoms with Gasteiger partial charge in [0.15, 0.2) is 0 Å². The molecule has 0 spiro atoms. The van der Waals surface area contributed by atoms with E-state index in [9.17, 15) is 9.59 Å². The molecule has 0 saturated carbocycles. The molecule has 6 rings (SSSR count). The molecule has 0 unspecified atom stereocenters. The summed E-state index contributed by atoms with van der Waals surface area (Å²) in [6.45, 7) is 8.25. The highest BCUT2D eigenvalue weighted by molar-refractivity contribution is 6.36. The zero-order chi connectivity index (χ0) is 26.4. The zero-order valence-electron chi connectivity index (χ0n) is 22.0. The molecule has 6 nitrogen and oxygen atoms in total. The first-order chi connectivity index (χ1) is 18.4. The van der Waals surface area contributed by atoms with Gasteiger partial charge >= 0.3 is 0 Å². The van der Waals surface area contributed by atoms with Gasteiger partial charge in [0.05, 0.1) is 11.1 Å². The number of carbonyl (C=O) groups is 2. The van der Waals surface area contributed by atoms with Crippen LogP contribution in [0.4, 0.5) is 10.1 Å². The van der Waals surface area contributed by atoms with Crippen LogP contribution in [0.1, 0.15) is 57.7 Å². The van der Waals surface area contributed by atoms with Gasteiger partial charge in [0, 0.05) is 54.3 Å². The number of aromatic nitrogens is 1. The molecule has 1 saturated heterocycles. The van der Waals surface area contributed by atoms with Gasteiger partial charge in [0.25, 0.3) is 11.8 Å². The van der Waals surface area contributed by atoms with E-state index in [1.54, 1.807) is 19.1 Å². The summed E-state index contributed by atoms with van der Waals surface area (Å²) in [7, 11) is 0. The average Bonchev–Trinajstić information content (AvgIpc) is 3.42. The summed E-state index contributed by atoms with van der Waals surface area (Å²) < 4.78 is 15.1. The van der Waals surface area contributed by atoms with Gasteiger partial charge in [-0.05, 0) is 68.6 Å². The Morgan fingerprint density at radius 2 is 1.68 bits per heavy atom. The van der Waals surface area contributed by atoms with Crippen molar-refractivity contribution in [3.05, 3.63) is 75.9 Å². The van der Waals surface area contributed by atoms with Crippen molar-refractivity contribution in [2.45, 2.75) is 39.5 Å². The number of fused-ring (bicyclic) bond motifs is 2. The third-order valence-corrected chi connectivity index (χ3v) is 8.23. The first kappa shape index (κ1) is 24.6. The molecule has 3 aliphatic heterocycles. The minimum absolute atomic E-state index is 0.0560. The van der Waals surface area contributed by atoms with Crippen molar-refractivity contribution in [3.63, 3.8) is 0 Å². The maximum atomic E-state index is 15.1. The number of nitrogens with zero attached hydrogens (tertiary/aromatic N) is 2. The number of benzene rings is 2. The van der Waals surface area contributed by atoms with E-state index in [2.05, 4.69) is 15.2 Å². The Morgan fingerprint density at radius 3 is 2.50 bits per heavy atom. The number of amides is 2. The predicted molar refractivity (Wildman–Crippen MR) is 149 cm³/mol. The Balaban J connectivity index is 1.33. The number of anilines is 1. The maximum absolute atomic E-state index is 15.1. The second kappa shape index (κ2) is 9.87. The highest BCUT2D eigenvalue weighted by atomic mass is 19.1. The van der Waals surface area contributed by atoms with E-state index >= 15 is 4.39 Å². The van der Waals surface area contributed by atoms with Crippen LogP contribution in [0.2, 0.25) is 0 Å². The topological polar surface area (TPSA) is 68.4 Å². The monoisotopic (exact) mass is 512 g/mol. The van der Waals surface area contributed by atoms with Gasteiger partial charge in [-0.15, -0.1) is 0 Å². The minimum Gasteiger partial charge on any atom is -0.358 e. The van der Waals surface area contributed by atoms with Crippen LogP contribution in [0, 0.1) is 19.7 Å². The summed E-state index contributed by atoms with van der Waals surface area (Å²) in [6.07, 6.45) is 6.35. The number of carbonyl (C=O) groups excluding carboxylic acids is 2. The lowest BCUT2D eigenvalue weighted by atomic mass is 9.93. The number of aromatic amines is 1. The molecule has 0 aliphatic carbocycles. The summed E-state index contributed by atoms with van der Waals surface area (Å²) in [5.74, 6) is -0.469. The summed E-state index contributed by atoms with van der Waals surface area (Å²) in [6, 6.07) is 10.8. The highest BCUT2D eigenvalue weighted by Gasteiger charge is 2.32. The summed E-state index contributed by atoms with van der Waals surface area (Å²) in [5, 5.41) is 2.93. The normalized spacial score (nSPS) is 18.6. The van der Waals surface area contributed by atoms with Crippen molar-refractivity contribution in [1.82, 2.24) is 14.8 Å². The van der Waals surface area contributed by atoms with Crippen LogP contribution in [-0.4, -0.2) is 59.3 Å². The standard InChI is InChI=1S/C31H33FN4O2/c1-19-8-6-10-22(29(19)32)21-9-7-11-24-28(21)23(30(37)34-24)18-26-20(2)27-25(33-26)12-15-36(31(27)38)17-16-35-13-4-3-5-14-35/h6-11,18,33H,3-5,12-17H2,1-2H3,(H,34,37)/b23-18-. The van der Waals surface area contributed by atoms with Crippen LogP contribution in [0.5, 0.6) is 0 Å². The first-order valence-corrected chi connectivity index (χ1v) is 13.6. The third-order valence-electron chi connectivity index (χ3n) is 8.23. The number of aryl methyl sites for hydroxylation is 1. The number of piperidine rings is 1. The van der Waals surface area contributed by atoms with Gasteiger partial charge in [-0.2, -0.15) is 0 Å². The molecule has 0 bridgehead atoms. The quantitative estimate of drug-likeness (QED) is 0.449. The van der Waals surface area contributed by atoms with Crippen molar-refractivity contribution in [3.8, 4) is 11.1 Å². The van der Waals surface area contributed by atoms with E-state index < -0.39 is 0 Å². The van der Waals surface area contributed by atoms with Crippen LogP contribution >= 0.6 is 0 Å². The molecule has 0 atom stereocenters. The van der Waals surface area contributed by atoms with Gasteiger partial charge < -0.3 is 20.1 Å². The molecule has 0 radical (unpaired) electrons. The summed E-state index contributed by atoms with van der Waals surface area (Å²) in [4.78, 5) is 34.4. The van der Waals surface area contributed by atoms with Crippen molar-refractivity contribution in [1.29, 1.82) is 0 Å². The van der Waals surface area contributed by atoms with E-state index in [0.29, 0.717) is 40.1 Å². The number of rotatable bonds is 5. The summed E-state index contributed by atoms with van der Waals surface area (Å²) in [5.41, 5.74) is 6.74. The fourth-order valence-corrected chi connectivity index (χ4v) is 6.08. The van der Waals surface area contributed by atoms with Crippen molar-refractivity contribution < 1.29 is 14.0 Å². The van der Waals surface area contributed by atoms with Gasteiger partial charge in [-0.1, -0.05) is 36.8 Å². The molecule has 2 N–H and O–H groups in total. The number of hydrogen-bond acceptors (Lipinski definition) is 3. The minimum atomic E-state index is -0.290. The van der Waals surface area contributed by atoms with Crippen LogP contribution in [0.3, 0.4) is 0 Å². The molecule has 38 heavy (non-hydrogen) atoms. The fraction of sp³-hybridized carbons (Fsp3) is 0.355. The zero-order valence-corrected chi connectivity index (χ0v) is 22.0. The average molecular weight is 513 g/mol. The number of hydrogen-bond donors (Lipinski definition) is 2. The Kier molecular flexibility index (Phi) is 6.40. The second-order valence-corrected chi connectivity index (χ2v) is 10.6. The van der Waals surface area contributed by atoms with Crippen molar-refractivity contribution in [2.24, 2.45) is 0 Å². The molecule has 3 aromatic rings. The Morgan fingerprint density at radius 1 is 0.921 bits per heavy atom. The molecular weight excluding hydrogens is 479 g/mol. The molecule has 3 aliphatic rings. The number of likely N-dealkylation sites (tertiary alicyclic amines) is 1. The van der Waals surface area contributed by atoms with Crippen molar-refractivity contribution >= 4 is 29.2 Å². The van der Waals surface area contributed by atoms with Gasteiger partial charge in [0.1, 0.15) is 5.82 Å². The molecule has 196 valence electrons. The van der Waals surface area contributed by atoms with E-state index in [4.69, 9.17) is 0 Å². The van der Waals surface area contributed by atoms with Crippen LogP contribution in [0.25, 0.3) is 22.8 Å². The van der Waals surface area contributed by atoms with Crippen LogP contribution < -0.4 is 5.32 Å². The molecule has 1 fully saturated rings. The second-order valence-electron chi connectivity index (χ2n) is 10.6. The third kappa shape index (κ3) is 4.25. The Labute approximate surface area is 222 Å². The molecular formula is C31H33FN4O2. The smallest absolute Gasteiger partial charge is 0.256 e. The van der Waals surface area contributed by atoms with Crippen molar-refractivity contribution in [2.75, 3.05) is 38.0 Å².